The highest BCUT2D eigenvalue weighted by Crippen LogP contribution is 2.38. The molecule has 2 fully saturated rings. The number of carbonyl (C=O) groups excluding carboxylic acids is 1. The third kappa shape index (κ3) is 6.05. The standard InChI is InChI=1S/C22H30ClNO4S/c1-2-19(11-12-29(28)14-15-3-4-15)24-20(16-5-8-18(23)9-6-16)10-7-17(22(24)27)13-21(25)26/h5-6,8-9,15,17,19-20H,2-4,7,10-14H2,1H3,(H,25,26)/t17?,19-,20?,29?/m0/s1. The molecule has 3 unspecified atom stereocenters. The zero-order chi connectivity index (χ0) is 21.0. The molecular weight excluding hydrogens is 410 g/mol. The Hall–Kier alpha value is -1.40. The van der Waals surface area contributed by atoms with Crippen molar-refractivity contribution in [3.8, 4) is 0 Å². The molecule has 0 radical (unpaired) electrons. The number of halogens is 1. The summed E-state index contributed by atoms with van der Waals surface area (Å²) >= 11 is 6.04. The van der Waals surface area contributed by atoms with Crippen molar-refractivity contribution in [1.82, 2.24) is 4.90 Å². The van der Waals surface area contributed by atoms with Crippen molar-refractivity contribution in [3.05, 3.63) is 34.9 Å². The number of rotatable bonds is 10. The molecule has 5 nitrogen and oxygen atoms in total. The topological polar surface area (TPSA) is 74.7 Å². The monoisotopic (exact) mass is 439 g/mol. The second kappa shape index (κ2) is 10.1. The molecule has 0 spiro atoms. The molecule has 1 heterocycles. The van der Waals surface area contributed by atoms with Crippen LogP contribution in [0.25, 0.3) is 0 Å². The van der Waals surface area contributed by atoms with Gasteiger partial charge in [-0.25, -0.2) is 0 Å². The lowest BCUT2D eigenvalue weighted by Crippen LogP contribution is -2.49. The number of hydrogen-bond acceptors (Lipinski definition) is 3. The molecule has 3 rings (SSSR count). The van der Waals surface area contributed by atoms with Gasteiger partial charge in [0, 0.05) is 39.3 Å². The third-order valence-corrected chi connectivity index (χ3v) is 7.85. The summed E-state index contributed by atoms with van der Waals surface area (Å²) in [6.07, 6.45) is 4.98. The summed E-state index contributed by atoms with van der Waals surface area (Å²) in [4.78, 5) is 26.4. The van der Waals surface area contributed by atoms with Crippen molar-refractivity contribution < 1.29 is 18.9 Å². The minimum Gasteiger partial charge on any atom is -0.481 e. The van der Waals surface area contributed by atoms with E-state index in [0.717, 1.165) is 24.2 Å². The van der Waals surface area contributed by atoms with Crippen molar-refractivity contribution in [2.24, 2.45) is 11.8 Å². The number of carboxylic acids is 1. The first kappa shape index (κ1) is 22.3. The molecule has 7 heteroatoms. The predicted octanol–water partition coefficient (Wildman–Crippen LogP) is 4.42. The van der Waals surface area contributed by atoms with Crippen LogP contribution in [-0.2, 0) is 20.4 Å². The van der Waals surface area contributed by atoms with E-state index in [1.807, 2.05) is 36.1 Å². The highest BCUT2D eigenvalue weighted by Gasteiger charge is 2.40. The molecule has 1 aliphatic heterocycles. The van der Waals surface area contributed by atoms with Crippen LogP contribution in [0.1, 0.15) is 63.5 Å². The van der Waals surface area contributed by atoms with E-state index >= 15 is 0 Å². The minimum absolute atomic E-state index is 0.0390. The zero-order valence-electron chi connectivity index (χ0n) is 16.9. The van der Waals surface area contributed by atoms with Gasteiger partial charge in [-0.3, -0.25) is 13.8 Å². The van der Waals surface area contributed by atoms with E-state index < -0.39 is 22.7 Å². The molecule has 1 N–H and O–H groups in total. The van der Waals surface area contributed by atoms with Crippen molar-refractivity contribution in [1.29, 1.82) is 0 Å². The SMILES string of the molecule is CC[C@@H](CCS(=O)CC1CC1)N1C(=O)C(CC(=O)O)CCC1c1ccc(Cl)cc1. The van der Waals surface area contributed by atoms with E-state index in [0.29, 0.717) is 29.5 Å². The largest absolute Gasteiger partial charge is 0.481 e. The first-order chi connectivity index (χ1) is 13.9. The molecule has 1 saturated heterocycles. The van der Waals surface area contributed by atoms with E-state index in [4.69, 9.17) is 11.6 Å². The molecule has 1 saturated carbocycles. The van der Waals surface area contributed by atoms with Crippen LogP contribution in [0.15, 0.2) is 24.3 Å². The Kier molecular flexibility index (Phi) is 7.74. The fourth-order valence-corrected chi connectivity index (χ4v) is 5.96. The number of carbonyl (C=O) groups is 2. The number of nitrogens with zero attached hydrogens (tertiary/aromatic N) is 1. The fourth-order valence-electron chi connectivity index (χ4n) is 4.27. The van der Waals surface area contributed by atoms with Crippen molar-refractivity contribution in [3.63, 3.8) is 0 Å². The maximum atomic E-state index is 13.3. The van der Waals surface area contributed by atoms with Crippen molar-refractivity contribution in [2.75, 3.05) is 11.5 Å². The number of likely N-dealkylation sites (tertiary alicyclic amines) is 1. The van der Waals surface area contributed by atoms with Crippen LogP contribution in [0.3, 0.4) is 0 Å². The van der Waals surface area contributed by atoms with E-state index in [9.17, 15) is 18.9 Å². The molecule has 1 amide bonds. The highest BCUT2D eigenvalue weighted by atomic mass is 35.5. The first-order valence-corrected chi connectivity index (χ1v) is 12.4. The van der Waals surface area contributed by atoms with Crippen LogP contribution >= 0.6 is 11.6 Å². The highest BCUT2D eigenvalue weighted by molar-refractivity contribution is 7.84. The van der Waals surface area contributed by atoms with Gasteiger partial charge in [0.15, 0.2) is 0 Å². The Morgan fingerprint density at radius 3 is 2.52 bits per heavy atom. The summed E-state index contributed by atoms with van der Waals surface area (Å²) in [5, 5.41) is 9.87. The molecule has 2 aliphatic rings. The molecule has 0 bridgehead atoms. The van der Waals surface area contributed by atoms with Gasteiger partial charge >= 0.3 is 5.97 Å². The molecule has 1 aromatic rings. The van der Waals surface area contributed by atoms with Gasteiger partial charge in [0.2, 0.25) is 5.91 Å². The second-order valence-corrected chi connectivity index (χ2v) is 10.3. The Morgan fingerprint density at radius 1 is 1.24 bits per heavy atom. The summed E-state index contributed by atoms with van der Waals surface area (Å²) in [7, 11) is -0.852. The van der Waals surface area contributed by atoms with E-state index in [1.54, 1.807) is 0 Å². The summed E-state index contributed by atoms with van der Waals surface area (Å²) in [6.45, 7) is 2.04. The summed E-state index contributed by atoms with van der Waals surface area (Å²) in [6, 6.07) is 7.42. The fraction of sp³-hybridized carbons (Fsp3) is 0.636. The molecule has 1 aliphatic carbocycles. The zero-order valence-corrected chi connectivity index (χ0v) is 18.5. The Balaban J connectivity index is 1.78. The molecule has 29 heavy (non-hydrogen) atoms. The van der Waals surface area contributed by atoms with E-state index in [-0.39, 0.29) is 24.4 Å². The Bertz CT molecular complexity index is 750. The van der Waals surface area contributed by atoms with Gasteiger partial charge in [0.1, 0.15) is 0 Å². The molecular formula is C22H30ClNO4S. The van der Waals surface area contributed by atoms with Crippen LogP contribution in [0.2, 0.25) is 5.02 Å². The van der Waals surface area contributed by atoms with Crippen LogP contribution in [0.4, 0.5) is 0 Å². The summed E-state index contributed by atoms with van der Waals surface area (Å²) in [5.41, 5.74) is 1.02. The van der Waals surface area contributed by atoms with Crippen LogP contribution in [0.5, 0.6) is 0 Å². The number of amides is 1. The predicted molar refractivity (Wildman–Crippen MR) is 115 cm³/mol. The molecule has 160 valence electrons. The van der Waals surface area contributed by atoms with Gasteiger partial charge in [-0.15, -0.1) is 0 Å². The van der Waals surface area contributed by atoms with Crippen LogP contribution in [-0.4, -0.2) is 43.6 Å². The maximum absolute atomic E-state index is 13.3. The second-order valence-electron chi connectivity index (χ2n) is 8.29. The van der Waals surface area contributed by atoms with Gasteiger partial charge in [0.25, 0.3) is 0 Å². The van der Waals surface area contributed by atoms with Gasteiger partial charge < -0.3 is 10.0 Å². The molecule has 1 aromatic carbocycles. The third-order valence-electron chi connectivity index (χ3n) is 6.07. The minimum atomic E-state index is -0.938. The lowest BCUT2D eigenvalue weighted by Gasteiger charge is -2.44. The number of carboxylic acid groups (broad SMARTS) is 1. The van der Waals surface area contributed by atoms with Crippen molar-refractivity contribution >= 4 is 34.3 Å². The normalized spacial score (nSPS) is 24.3. The molecule has 0 aromatic heterocycles. The maximum Gasteiger partial charge on any atom is 0.304 e. The summed E-state index contributed by atoms with van der Waals surface area (Å²) < 4.78 is 12.4. The Labute approximate surface area is 180 Å². The van der Waals surface area contributed by atoms with Gasteiger partial charge in [-0.05, 0) is 62.1 Å². The average molecular weight is 440 g/mol. The van der Waals surface area contributed by atoms with E-state index in [2.05, 4.69) is 0 Å². The van der Waals surface area contributed by atoms with Crippen LogP contribution in [0, 0.1) is 11.8 Å². The smallest absolute Gasteiger partial charge is 0.304 e. The quantitative estimate of drug-likeness (QED) is 0.585. The van der Waals surface area contributed by atoms with Gasteiger partial charge in [-0.2, -0.15) is 0 Å². The summed E-state index contributed by atoms with van der Waals surface area (Å²) in [5.74, 6) is 0.476. The van der Waals surface area contributed by atoms with Gasteiger partial charge in [0.05, 0.1) is 12.5 Å². The van der Waals surface area contributed by atoms with E-state index in [1.165, 1.54) is 12.8 Å². The average Bonchev–Trinajstić information content (AvgIpc) is 3.49. The van der Waals surface area contributed by atoms with Crippen molar-refractivity contribution in [2.45, 2.75) is 64.0 Å². The number of benzene rings is 1. The van der Waals surface area contributed by atoms with Gasteiger partial charge in [-0.1, -0.05) is 30.7 Å². The number of hydrogen-bond donors (Lipinski definition) is 1. The molecule has 4 atom stereocenters. The number of aliphatic carboxylic acids is 1. The lowest BCUT2D eigenvalue weighted by atomic mass is 9.84. The Morgan fingerprint density at radius 2 is 1.93 bits per heavy atom. The first-order valence-electron chi connectivity index (χ1n) is 10.5. The van der Waals surface area contributed by atoms with Crippen LogP contribution < -0.4 is 0 Å². The lowest BCUT2D eigenvalue weighted by molar-refractivity contribution is -0.151. The number of piperidine rings is 1.